The minimum Gasteiger partial charge on any atom is -0.356 e. The lowest BCUT2D eigenvalue weighted by Gasteiger charge is -2.55. The van der Waals surface area contributed by atoms with E-state index in [-0.39, 0.29) is 30.2 Å². The molecule has 0 aliphatic heterocycles. The number of carbonyl (C=O) groups excluding carboxylic acids is 1. The maximum absolute atomic E-state index is 12.9. The second-order valence-corrected chi connectivity index (χ2v) is 10.2. The van der Waals surface area contributed by atoms with Gasteiger partial charge in [0.2, 0.25) is 5.91 Å². The van der Waals surface area contributed by atoms with Crippen LogP contribution >= 0.6 is 24.8 Å². The number of hydrogen-bond donors (Lipinski definition) is 3. The normalized spacial score (nSPS) is 33.0. The standard InChI is InChI=1S/C23H41N3O.2ClH/c27-22(23-15-18-12-19(16-23)14-20(13-18)17-23)26-9-5-4-8-24-10-11-25-21-6-2-1-3-7-21;;/h18-21,24-25H,1-17H2,(H,26,27);2*1H. The van der Waals surface area contributed by atoms with Crippen LogP contribution in [0.25, 0.3) is 0 Å². The fraction of sp³-hybridized carbons (Fsp3) is 0.957. The number of amides is 1. The lowest BCUT2D eigenvalue weighted by Crippen LogP contribution is -2.53. The van der Waals surface area contributed by atoms with Gasteiger partial charge in [0, 0.05) is 31.1 Å². The second-order valence-electron chi connectivity index (χ2n) is 10.2. The molecule has 0 heterocycles. The Hall–Kier alpha value is -0.0300. The Morgan fingerprint density at radius 1 is 0.759 bits per heavy atom. The van der Waals surface area contributed by atoms with Crippen LogP contribution in [0.1, 0.15) is 83.5 Å². The van der Waals surface area contributed by atoms with Crippen LogP contribution in [-0.2, 0) is 4.79 Å². The number of unbranched alkanes of at least 4 members (excludes halogenated alkanes) is 1. The van der Waals surface area contributed by atoms with E-state index in [1.807, 2.05) is 0 Å². The Balaban J connectivity index is 0.00000150. The molecule has 0 aromatic rings. The maximum atomic E-state index is 12.9. The Morgan fingerprint density at radius 2 is 1.34 bits per heavy atom. The summed E-state index contributed by atoms with van der Waals surface area (Å²) >= 11 is 0. The Kier molecular flexibility index (Phi) is 10.5. The van der Waals surface area contributed by atoms with Gasteiger partial charge in [0.25, 0.3) is 0 Å². The fourth-order valence-electron chi connectivity index (χ4n) is 6.95. The zero-order valence-corrected chi connectivity index (χ0v) is 19.7. The van der Waals surface area contributed by atoms with Gasteiger partial charge in [-0.3, -0.25) is 4.79 Å². The zero-order chi connectivity index (χ0) is 18.5. The van der Waals surface area contributed by atoms with Crippen LogP contribution in [0.3, 0.4) is 0 Å². The largest absolute Gasteiger partial charge is 0.356 e. The van der Waals surface area contributed by atoms with Crippen molar-refractivity contribution in [3.8, 4) is 0 Å². The highest BCUT2D eigenvalue weighted by molar-refractivity contribution is 5.85. The third kappa shape index (κ3) is 6.72. The molecule has 0 unspecified atom stereocenters. The first-order valence-electron chi connectivity index (χ1n) is 12.0. The minimum atomic E-state index is 0. The SMILES string of the molecule is Cl.Cl.O=C(NCCCCNCCNC1CCCCC1)C12CC3CC(CC(C3)C1)C2. The van der Waals surface area contributed by atoms with E-state index in [0.29, 0.717) is 5.91 Å². The van der Waals surface area contributed by atoms with Gasteiger partial charge in [-0.05, 0) is 88.5 Å². The molecule has 0 aromatic carbocycles. The molecule has 5 fully saturated rings. The summed E-state index contributed by atoms with van der Waals surface area (Å²) < 4.78 is 0. The van der Waals surface area contributed by atoms with Crippen LogP contribution in [0.4, 0.5) is 0 Å². The molecule has 5 aliphatic rings. The van der Waals surface area contributed by atoms with Gasteiger partial charge in [0.1, 0.15) is 0 Å². The summed E-state index contributed by atoms with van der Waals surface area (Å²) in [4.78, 5) is 12.9. The van der Waals surface area contributed by atoms with Crippen LogP contribution < -0.4 is 16.0 Å². The van der Waals surface area contributed by atoms with Crippen LogP contribution in [-0.4, -0.2) is 38.1 Å². The van der Waals surface area contributed by atoms with E-state index >= 15 is 0 Å². The third-order valence-electron chi connectivity index (χ3n) is 7.93. The molecular formula is C23H43Cl2N3O. The van der Waals surface area contributed by atoms with E-state index in [9.17, 15) is 4.79 Å². The van der Waals surface area contributed by atoms with E-state index in [2.05, 4.69) is 16.0 Å². The fourth-order valence-corrected chi connectivity index (χ4v) is 6.95. The van der Waals surface area contributed by atoms with E-state index in [1.54, 1.807) is 0 Å². The molecule has 29 heavy (non-hydrogen) atoms. The van der Waals surface area contributed by atoms with Gasteiger partial charge in [-0.2, -0.15) is 0 Å². The topological polar surface area (TPSA) is 53.2 Å². The summed E-state index contributed by atoms with van der Waals surface area (Å²) in [6, 6.07) is 0.764. The quantitative estimate of drug-likeness (QED) is 0.433. The molecule has 0 saturated heterocycles. The first kappa shape index (κ1) is 25.2. The van der Waals surface area contributed by atoms with Crippen LogP contribution in [0.15, 0.2) is 0 Å². The smallest absolute Gasteiger partial charge is 0.226 e. The summed E-state index contributed by atoms with van der Waals surface area (Å²) in [5.74, 6) is 2.96. The highest BCUT2D eigenvalue weighted by Crippen LogP contribution is 2.60. The van der Waals surface area contributed by atoms with Gasteiger partial charge in [0.15, 0.2) is 0 Å². The van der Waals surface area contributed by atoms with E-state index < -0.39 is 0 Å². The lowest BCUT2D eigenvalue weighted by atomic mass is 9.49. The van der Waals surface area contributed by atoms with Crippen molar-refractivity contribution < 1.29 is 4.79 Å². The molecule has 0 aromatic heterocycles. The average Bonchev–Trinajstić information content (AvgIpc) is 2.66. The van der Waals surface area contributed by atoms with Crippen molar-refractivity contribution in [1.29, 1.82) is 0 Å². The number of hydrogen-bond acceptors (Lipinski definition) is 3. The second kappa shape index (κ2) is 12.1. The molecule has 0 atom stereocenters. The molecule has 0 spiro atoms. The molecule has 0 radical (unpaired) electrons. The van der Waals surface area contributed by atoms with Gasteiger partial charge in [-0.1, -0.05) is 19.3 Å². The van der Waals surface area contributed by atoms with Gasteiger partial charge in [-0.25, -0.2) is 0 Å². The Labute approximate surface area is 190 Å². The van der Waals surface area contributed by atoms with Crippen molar-refractivity contribution in [2.24, 2.45) is 23.2 Å². The summed E-state index contributed by atoms with van der Waals surface area (Å²) in [7, 11) is 0. The molecule has 1 amide bonds. The molecule has 170 valence electrons. The minimum absolute atomic E-state index is 0. The summed E-state index contributed by atoms with van der Waals surface area (Å²) in [5, 5.41) is 10.5. The highest BCUT2D eigenvalue weighted by Gasteiger charge is 2.54. The van der Waals surface area contributed by atoms with Crippen LogP contribution in [0.5, 0.6) is 0 Å². The lowest BCUT2D eigenvalue weighted by molar-refractivity contribution is -0.146. The molecular weight excluding hydrogens is 405 g/mol. The molecule has 6 heteroatoms. The Morgan fingerprint density at radius 3 is 1.97 bits per heavy atom. The van der Waals surface area contributed by atoms with Gasteiger partial charge < -0.3 is 16.0 Å². The highest BCUT2D eigenvalue weighted by atomic mass is 35.5. The number of carbonyl (C=O) groups is 1. The molecule has 3 N–H and O–H groups in total. The van der Waals surface area contributed by atoms with Crippen molar-refractivity contribution in [3.63, 3.8) is 0 Å². The first-order valence-corrected chi connectivity index (χ1v) is 12.0. The molecule has 5 aliphatic carbocycles. The third-order valence-corrected chi connectivity index (χ3v) is 7.93. The molecule has 4 bridgehead atoms. The molecule has 5 rings (SSSR count). The number of rotatable bonds is 10. The molecule has 4 nitrogen and oxygen atoms in total. The molecule has 5 saturated carbocycles. The van der Waals surface area contributed by atoms with Crippen molar-refractivity contribution in [2.75, 3.05) is 26.2 Å². The predicted octanol–water partition coefficient (Wildman–Crippen LogP) is 4.45. The van der Waals surface area contributed by atoms with Crippen molar-refractivity contribution >= 4 is 30.7 Å². The Bertz CT molecular complexity index is 461. The average molecular weight is 449 g/mol. The number of nitrogens with one attached hydrogen (secondary N) is 3. The van der Waals surface area contributed by atoms with Crippen LogP contribution in [0, 0.1) is 23.2 Å². The van der Waals surface area contributed by atoms with Gasteiger partial charge >= 0.3 is 0 Å². The van der Waals surface area contributed by atoms with Crippen LogP contribution in [0.2, 0.25) is 0 Å². The van der Waals surface area contributed by atoms with E-state index in [0.717, 1.165) is 62.8 Å². The summed E-state index contributed by atoms with van der Waals surface area (Å²) in [6.45, 7) is 4.09. The monoisotopic (exact) mass is 447 g/mol. The van der Waals surface area contributed by atoms with Crippen molar-refractivity contribution in [1.82, 2.24) is 16.0 Å². The zero-order valence-electron chi connectivity index (χ0n) is 18.1. The number of halogens is 2. The van der Waals surface area contributed by atoms with Crippen molar-refractivity contribution in [3.05, 3.63) is 0 Å². The predicted molar refractivity (Wildman–Crippen MR) is 125 cm³/mol. The summed E-state index contributed by atoms with van der Waals surface area (Å²) in [6.07, 6.45) is 17.0. The maximum Gasteiger partial charge on any atom is 0.226 e. The summed E-state index contributed by atoms with van der Waals surface area (Å²) in [5.41, 5.74) is 0.0256. The van der Waals surface area contributed by atoms with Crippen molar-refractivity contribution in [2.45, 2.75) is 89.5 Å². The van der Waals surface area contributed by atoms with E-state index in [1.165, 1.54) is 70.6 Å². The van der Waals surface area contributed by atoms with Gasteiger partial charge in [0.05, 0.1) is 0 Å². The first-order chi connectivity index (χ1) is 13.2. The van der Waals surface area contributed by atoms with E-state index in [4.69, 9.17) is 0 Å². The van der Waals surface area contributed by atoms with Gasteiger partial charge in [-0.15, -0.1) is 24.8 Å².